The van der Waals surface area contributed by atoms with Crippen LogP contribution in [0.4, 0.5) is 10.1 Å². The molecule has 2 atom stereocenters. The SMILES string of the molecule is CC(c1cccc2c(C#CC3CCN(C(=O)CN4CCC(c5ccc6c7c(cccc57)C(=O)N6C5CCC(=O)NC5=O)CC4)CC3)cccc12)N1CCC(C(=O)NCc2cccc(F)c2)CC1. The summed E-state index contributed by atoms with van der Waals surface area (Å²) in [7, 11) is 0. The van der Waals surface area contributed by atoms with Crippen LogP contribution < -0.4 is 15.5 Å². The molecule has 0 aromatic heterocycles. The molecule has 5 aromatic carbocycles. The van der Waals surface area contributed by atoms with Gasteiger partial charge in [-0.15, -0.1) is 0 Å². The molecule has 0 saturated carbocycles. The summed E-state index contributed by atoms with van der Waals surface area (Å²) >= 11 is 0. The maximum absolute atomic E-state index is 13.6. The third kappa shape index (κ3) is 9.07. The van der Waals surface area contributed by atoms with Crippen molar-refractivity contribution >= 4 is 56.8 Å². The van der Waals surface area contributed by atoms with E-state index in [0.29, 0.717) is 38.2 Å². The van der Waals surface area contributed by atoms with Gasteiger partial charge >= 0.3 is 0 Å². The second kappa shape index (κ2) is 19.1. The number of benzene rings is 5. The fourth-order valence-corrected chi connectivity index (χ4v) is 11.3. The zero-order chi connectivity index (χ0) is 46.2. The Morgan fingerprint density at radius 1 is 0.791 bits per heavy atom. The molecule has 4 fully saturated rings. The molecule has 2 unspecified atom stereocenters. The van der Waals surface area contributed by atoms with Crippen molar-refractivity contribution in [3.05, 3.63) is 125 Å². The van der Waals surface area contributed by atoms with Gasteiger partial charge in [-0.25, -0.2) is 4.39 Å². The van der Waals surface area contributed by atoms with Crippen molar-refractivity contribution in [3.8, 4) is 11.8 Å². The lowest BCUT2D eigenvalue weighted by atomic mass is 9.85. The van der Waals surface area contributed by atoms with Gasteiger partial charge in [0.1, 0.15) is 11.9 Å². The number of rotatable bonds is 9. The van der Waals surface area contributed by atoms with Gasteiger partial charge < -0.3 is 10.2 Å². The fourth-order valence-electron chi connectivity index (χ4n) is 11.3. The van der Waals surface area contributed by atoms with Crippen molar-refractivity contribution in [2.45, 2.75) is 82.8 Å². The average Bonchev–Trinajstić information content (AvgIpc) is 3.64. The van der Waals surface area contributed by atoms with E-state index in [-0.39, 0.29) is 59.7 Å². The van der Waals surface area contributed by atoms with Gasteiger partial charge in [0.15, 0.2) is 0 Å². The molecule has 2 N–H and O–H groups in total. The largest absolute Gasteiger partial charge is 0.352 e. The lowest BCUT2D eigenvalue weighted by Gasteiger charge is -2.36. The molecule has 344 valence electrons. The van der Waals surface area contributed by atoms with E-state index in [1.54, 1.807) is 11.0 Å². The number of nitrogens with one attached hydrogen (secondary N) is 2. The molecular formula is C55H57FN6O5. The number of hydrogen-bond acceptors (Lipinski definition) is 7. The van der Waals surface area contributed by atoms with E-state index in [0.717, 1.165) is 97.7 Å². The van der Waals surface area contributed by atoms with E-state index in [9.17, 15) is 28.4 Å². The first kappa shape index (κ1) is 44.4. The van der Waals surface area contributed by atoms with E-state index in [2.05, 4.69) is 87.7 Å². The summed E-state index contributed by atoms with van der Waals surface area (Å²) in [5.74, 6) is 6.53. The number of carbonyl (C=O) groups is 5. The highest BCUT2D eigenvalue weighted by Crippen LogP contribution is 2.44. The predicted molar refractivity (Wildman–Crippen MR) is 256 cm³/mol. The van der Waals surface area contributed by atoms with E-state index >= 15 is 0 Å². The molecule has 5 aliphatic rings. The molecule has 12 heteroatoms. The molecule has 5 aliphatic heterocycles. The van der Waals surface area contributed by atoms with Crippen LogP contribution in [0.5, 0.6) is 0 Å². The summed E-state index contributed by atoms with van der Waals surface area (Å²) in [4.78, 5) is 73.2. The van der Waals surface area contributed by atoms with Crippen LogP contribution in [0, 0.1) is 29.5 Å². The van der Waals surface area contributed by atoms with Crippen molar-refractivity contribution in [2.24, 2.45) is 11.8 Å². The minimum absolute atomic E-state index is 0.0345. The molecule has 11 nitrogen and oxygen atoms in total. The van der Waals surface area contributed by atoms with Gasteiger partial charge in [0, 0.05) is 60.4 Å². The standard InChI is InChI=1S/C55H57FN6O5/c1-35(60-30-24-40(25-31-60)53(65)57-33-37-6-2-8-41(56)32-37)42-9-4-10-43-38(7-3-11-45(42)43)15-14-36-20-28-61(29-21-36)51(64)34-59-26-22-39(23-27-59)44-16-17-48-52-46(44)12-5-13-47(52)55(67)62(48)49-18-19-50(63)58-54(49)66/h2-13,16-17,32,35-36,39-40,49H,18-31,33-34H2,1H3,(H,57,65)(H,58,63,66). The van der Waals surface area contributed by atoms with Gasteiger partial charge in [-0.05, 0) is 147 Å². The predicted octanol–water partition coefficient (Wildman–Crippen LogP) is 7.46. The molecule has 0 aliphatic carbocycles. The van der Waals surface area contributed by atoms with Gasteiger partial charge in [-0.1, -0.05) is 72.5 Å². The Morgan fingerprint density at radius 2 is 1.52 bits per heavy atom. The Labute approximate surface area is 391 Å². The van der Waals surface area contributed by atoms with Crippen molar-refractivity contribution in [2.75, 3.05) is 50.7 Å². The van der Waals surface area contributed by atoms with Crippen molar-refractivity contribution in [3.63, 3.8) is 0 Å². The van der Waals surface area contributed by atoms with E-state index in [1.807, 2.05) is 29.2 Å². The minimum atomic E-state index is -0.709. The lowest BCUT2D eigenvalue weighted by Crippen LogP contribution is -2.53. The van der Waals surface area contributed by atoms with Crippen molar-refractivity contribution in [1.29, 1.82) is 0 Å². The van der Waals surface area contributed by atoms with Gasteiger partial charge in [-0.3, -0.25) is 44.0 Å². The summed E-state index contributed by atoms with van der Waals surface area (Å²) in [5.41, 5.74) is 5.56. The Kier molecular flexibility index (Phi) is 12.6. The number of amides is 5. The van der Waals surface area contributed by atoms with Gasteiger partial charge in [0.25, 0.3) is 5.91 Å². The highest BCUT2D eigenvalue weighted by molar-refractivity contribution is 6.27. The molecule has 0 radical (unpaired) electrons. The van der Waals surface area contributed by atoms with Gasteiger partial charge in [-0.2, -0.15) is 0 Å². The number of likely N-dealkylation sites (tertiary alicyclic amines) is 3. The number of piperidine rings is 4. The van der Waals surface area contributed by atoms with Crippen LogP contribution in [0.1, 0.15) is 103 Å². The van der Waals surface area contributed by atoms with Crippen molar-refractivity contribution in [1.82, 2.24) is 25.3 Å². The molecule has 0 spiro atoms. The number of carbonyl (C=O) groups excluding carboxylic acids is 5. The molecule has 4 saturated heterocycles. The first-order valence-electron chi connectivity index (χ1n) is 24.1. The monoisotopic (exact) mass is 900 g/mol. The maximum atomic E-state index is 13.6. The molecule has 5 heterocycles. The molecule has 10 rings (SSSR count). The topological polar surface area (TPSA) is 122 Å². The molecule has 67 heavy (non-hydrogen) atoms. The second-order valence-corrected chi connectivity index (χ2v) is 19.1. The summed E-state index contributed by atoms with van der Waals surface area (Å²) in [5, 5.41) is 9.66. The normalized spacial score (nSPS) is 20.5. The summed E-state index contributed by atoms with van der Waals surface area (Å²) < 4.78 is 13.6. The van der Waals surface area contributed by atoms with Crippen LogP contribution in [0.25, 0.3) is 21.5 Å². The Bertz CT molecular complexity index is 2830. The zero-order valence-electron chi connectivity index (χ0n) is 38.1. The third-order valence-electron chi connectivity index (χ3n) is 15.1. The molecule has 5 amide bonds. The molecule has 0 bridgehead atoms. The number of halogens is 1. The molecular weight excluding hydrogens is 844 g/mol. The summed E-state index contributed by atoms with van der Waals surface area (Å²) in [6, 6.07) is 28.6. The van der Waals surface area contributed by atoms with Crippen LogP contribution in [0.2, 0.25) is 0 Å². The van der Waals surface area contributed by atoms with Crippen LogP contribution >= 0.6 is 0 Å². The van der Waals surface area contributed by atoms with E-state index < -0.39 is 11.9 Å². The number of fused-ring (bicyclic) bond motifs is 1. The van der Waals surface area contributed by atoms with Crippen molar-refractivity contribution < 1.29 is 28.4 Å². The smallest absolute Gasteiger partial charge is 0.259 e. The third-order valence-corrected chi connectivity index (χ3v) is 15.1. The van der Waals surface area contributed by atoms with E-state index in [1.165, 1.54) is 28.6 Å². The highest BCUT2D eigenvalue weighted by Gasteiger charge is 2.41. The zero-order valence-corrected chi connectivity index (χ0v) is 38.1. The molecule has 5 aromatic rings. The minimum Gasteiger partial charge on any atom is -0.352 e. The average molecular weight is 901 g/mol. The van der Waals surface area contributed by atoms with Gasteiger partial charge in [0.2, 0.25) is 23.6 Å². The number of hydrogen-bond donors (Lipinski definition) is 2. The van der Waals surface area contributed by atoms with Crippen LogP contribution in [0.3, 0.4) is 0 Å². The lowest BCUT2D eigenvalue weighted by molar-refractivity contribution is -0.135. The van der Waals surface area contributed by atoms with Crippen LogP contribution in [0.15, 0.2) is 91.0 Å². The maximum Gasteiger partial charge on any atom is 0.259 e. The Balaban J connectivity index is 0.706. The second-order valence-electron chi connectivity index (χ2n) is 19.1. The van der Waals surface area contributed by atoms with E-state index in [4.69, 9.17) is 0 Å². The number of imide groups is 1. The summed E-state index contributed by atoms with van der Waals surface area (Å²) in [6.07, 6.45) is 5.58. The highest BCUT2D eigenvalue weighted by atomic mass is 19.1. The van der Waals surface area contributed by atoms with Crippen LogP contribution in [-0.4, -0.2) is 96.1 Å². The van der Waals surface area contributed by atoms with Crippen LogP contribution in [-0.2, 0) is 25.7 Å². The quantitative estimate of drug-likeness (QED) is 0.116. The number of nitrogens with zero attached hydrogens (tertiary/aromatic N) is 4. The van der Waals surface area contributed by atoms with Gasteiger partial charge in [0.05, 0.1) is 12.2 Å². The first-order chi connectivity index (χ1) is 32.6. The first-order valence-corrected chi connectivity index (χ1v) is 24.1. The fraction of sp³-hybridized carbons (Fsp3) is 0.400. The summed E-state index contributed by atoms with van der Waals surface area (Å²) in [6.45, 7) is 7.66. The number of anilines is 1. The Hall–Kier alpha value is -6.42. The Morgan fingerprint density at radius 3 is 2.30 bits per heavy atom.